The van der Waals surface area contributed by atoms with Gasteiger partial charge < -0.3 is 28.8 Å². The number of unbranched alkanes of at least 4 members (excludes halogenated alkanes) is 36. The van der Waals surface area contributed by atoms with Crippen LogP contribution >= 0.6 is 7.82 Å². The zero-order chi connectivity index (χ0) is 55.6. The quantitative estimate of drug-likeness (QED) is 0.0272. The largest absolute Gasteiger partial charge is 0.756 e. The average Bonchev–Trinajstić information content (AvgIpc) is 3.38. The number of carbonyl (C=O) groups is 1. The molecule has 0 aliphatic carbocycles. The molecule has 0 aromatic carbocycles. The van der Waals surface area contributed by atoms with Gasteiger partial charge in [-0.2, -0.15) is 0 Å². The van der Waals surface area contributed by atoms with Gasteiger partial charge in [0, 0.05) is 6.42 Å². The van der Waals surface area contributed by atoms with E-state index in [0.717, 1.165) is 77.0 Å². The van der Waals surface area contributed by atoms with Gasteiger partial charge in [0.2, 0.25) is 5.91 Å². The maximum atomic E-state index is 13.0. The van der Waals surface area contributed by atoms with Crippen molar-refractivity contribution in [2.75, 3.05) is 40.9 Å². The lowest BCUT2D eigenvalue weighted by molar-refractivity contribution is -0.870. The summed E-state index contributed by atoms with van der Waals surface area (Å²) in [6.07, 6.45) is 80.0. The number of nitrogens with zero attached hydrogens (tertiary/aromatic N) is 1. The number of amides is 1. The smallest absolute Gasteiger partial charge is 0.268 e. The molecule has 0 bridgehead atoms. The number of hydrogen-bond donors (Lipinski definition) is 2. The first kappa shape index (κ1) is 73.9. The zero-order valence-corrected chi connectivity index (χ0v) is 51.6. The molecule has 8 nitrogen and oxygen atoms in total. The van der Waals surface area contributed by atoms with E-state index < -0.39 is 20.0 Å². The van der Waals surface area contributed by atoms with Crippen molar-refractivity contribution in [3.8, 4) is 0 Å². The van der Waals surface area contributed by atoms with E-state index in [2.05, 4.69) is 79.9 Å². The normalized spacial score (nSPS) is 14.2. The summed E-state index contributed by atoms with van der Waals surface area (Å²) in [4.78, 5) is 25.6. The number of aliphatic hydroxyl groups is 1. The van der Waals surface area contributed by atoms with Crippen LogP contribution in [0.4, 0.5) is 0 Å². The van der Waals surface area contributed by atoms with Crippen LogP contribution in [0, 0.1) is 0 Å². The number of rotatable bonds is 59. The van der Waals surface area contributed by atoms with E-state index in [9.17, 15) is 19.4 Å². The molecule has 1 amide bonds. The van der Waals surface area contributed by atoms with E-state index in [1.807, 2.05) is 27.2 Å². The number of phosphoric ester groups is 1. The van der Waals surface area contributed by atoms with E-state index in [4.69, 9.17) is 9.05 Å². The number of carbonyl (C=O) groups excluding carboxylic acids is 1. The molecule has 0 aromatic heterocycles. The van der Waals surface area contributed by atoms with E-state index >= 15 is 0 Å². The van der Waals surface area contributed by atoms with Gasteiger partial charge in [0.15, 0.2) is 0 Å². The standard InChI is InChI=1S/C67H125N2O6P/c1-6-8-10-12-14-16-18-20-22-24-26-28-30-32-33-34-35-37-38-40-42-44-46-48-50-52-54-56-58-60-66(70)65(64-75-76(72,73)74-63-62-69(3,4)5)68-67(71)61-59-57-55-53-51-49-47-45-43-41-39-36-31-29-27-25-23-21-19-17-15-13-11-9-7-2/h9,11,15,17,21,23,27,29,36,39,58,60,65-66,70H,6-8,10,12-14,16,18-20,22,24-26,28,30-35,37-38,40-57,59,61-64H2,1-5H3,(H-,68,71,72,73)/b11-9-,17-15-,23-21-,29-27-,39-36-,60-58+. The summed E-state index contributed by atoms with van der Waals surface area (Å²) in [5.41, 5.74) is 0. The predicted molar refractivity (Wildman–Crippen MR) is 330 cm³/mol. The molecule has 0 radical (unpaired) electrons. The summed E-state index contributed by atoms with van der Waals surface area (Å²) in [7, 11) is 1.26. The van der Waals surface area contributed by atoms with Crippen LogP contribution in [0.1, 0.15) is 296 Å². The second-order valence-electron chi connectivity index (χ2n) is 23.1. The van der Waals surface area contributed by atoms with Crippen molar-refractivity contribution in [3.05, 3.63) is 72.9 Å². The molecule has 2 N–H and O–H groups in total. The van der Waals surface area contributed by atoms with Gasteiger partial charge in [-0.25, -0.2) is 0 Å². The van der Waals surface area contributed by atoms with Gasteiger partial charge in [0.1, 0.15) is 13.2 Å². The van der Waals surface area contributed by atoms with Crippen LogP contribution in [0.15, 0.2) is 72.9 Å². The van der Waals surface area contributed by atoms with Crippen molar-refractivity contribution in [3.63, 3.8) is 0 Å². The van der Waals surface area contributed by atoms with Crippen LogP contribution < -0.4 is 10.2 Å². The Balaban J connectivity index is 4.15. The van der Waals surface area contributed by atoms with Crippen LogP contribution in [0.2, 0.25) is 0 Å². The van der Waals surface area contributed by atoms with Gasteiger partial charge in [-0.05, 0) is 64.2 Å². The molecule has 76 heavy (non-hydrogen) atoms. The fourth-order valence-corrected chi connectivity index (χ4v) is 10.1. The van der Waals surface area contributed by atoms with Crippen molar-refractivity contribution < 1.29 is 32.9 Å². The summed E-state index contributed by atoms with van der Waals surface area (Å²) in [6, 6.07) is -0.896. The summed E-state index contributed by atoms with van der Waals surface area (Å²) >= 11 is 0. The second-order valence-corrected chi connectivity index (χ2v) is 24.5. The van der Waals surface area contributed by atoms with Crippen molar-refractivity contribution in [2.24, 2.45) is 0 Å². The monoisotopic (exact) mass is 1080 g/mol. The second kappa shape index (κ2) is 57.6. The topological polar surface area (TPSA) is 108 Å². The number of allylic oxidation sites excluding steroid dienone is 11. The van der Waals surface area contributed by atoms with E-state index in [1.54, 1.807) is 6.08 Å². The van der Waals surface area contributed by atoms with E-state index in [0.29, 0.717) is 17.4 Å². The molecule has 0 heterocycles. The lowest BCUT2D eigenvalue weighted by atomic mass is 10.0. The molecule has 9 heteroatoms. The fourth-order valence-electron chi connectivity index (χ4n) is 9.42. The highest BCUT2D eigenvalue weighted by molar-refractivity contribution is 7.45. The molecule has 0 aliphatic rings. The third kappa shape index (κ3) is 59.6. The Morgan fingerprint density at radius 3 is 1.17 bits per heavy atom. The Morgan fingerprint density at radius 2 is 0.803 bits per heavy atom. The summed E-state index contributed by atoms with van der Waals surface area (Å²) in [5, 5.41) is 13.9. The molecule has 0 aliphatic heterocycles. The molecule has 0 saturated heterocycles. The number of nitrogens with one attached hydrogen (secondary N) is 1. The van der Waals surface area contributed by atoms with Crippen LogP contribution in [0.25, 0.3) is 0 Å². The SMILES string of the molecule is CC/C=C\C/C=C\C/C=C\C/C=C\C/C=C\CCCCCCCCCCCC(=O)NC(COP(=O)([O-])OCC[N+](C)(C)C)C(O)/C=C/CCCCCCCCCCCCCCCCCCCCCCCCCCCCC. The number of aliphatic hydroxyl groups excluding tert-OH is 1. The third-order valence-corrected chi connectivity index (χ3v) is 15.4. The molecule has 0 saturated carbocycles. The highest BCUT2D eigenvalue weighted by Crippen LogP contribution is 2.38. The maximum Gasteiger partial charge on any atom is 0.268 e. The molecular weight excluding hydrogens is 960 g/mol. The van der Waals surface area contributed by atoms with Crippen LogP contribution in [0.3, 0.4) is 0 Å². The molecule has 3 atom stereocenters. The highest BCUT2D eigenvalue weighted by Gasteiger charge is 2.23. The molecule has 0 spiro atoms. The highest BCUT2D eigenvalue weighted by atomic mass is 31.2. The van der Waals surface area contributed by atoms with Gasteiger partial charge in [-0.3, -0.25) is 9.36 Å². The molecular formula is C67H125N2O6P. The van der Waals surface area contributed by atoms with Crippen LogP contribution in [0.5, 0.6) is 0 Å². The molecule has 0 aromatic rings. The van der Waals surface area contributed by atoms with Gasteiger partial charge in [-0.1, -0.05) is 299 Å². The van der Waals surface area contributed by atoms with E-state index in [1.165, 1.54) is 199 Å². The summed E-state index contributed by atoms with van der Waals surface area (Å²) < 4.78 is 23.4. The minimum Gasteiger partial charge on any atom is -0.756 e. The van der Waals surface area contributed by atoms with Crippen LogP contribution in [-0.4, -0.2) is 68.5 Å². The summed E-state index contributed by atoms with van der Waals surface area (Å²) in [5.74, 6) is -0.203. The number of quaternary nitrogens is 1. The lowest BCUT2D eigenvalue weighted by Gasteiger charge is -2.29. The maximum absolute atomic E-state index is 13.0. The Labute approximate surface area is 472 Å². The van der Waals surface area contributed by atoms with Gasteiger partial charge in [-0.15, -0.1) is 0 Å². The number of phosphoric acid groups is 1. The van der Waals surface area contributed by atoms with Gasteiger partial charge >= 0.3 is 0 Å². The first-order chi connectivity index (χ1) is 37.0. The Morgan fingerprint density at radius 1 is 0.474 bits per heavy atom. The molecule has 3 unspecified atom stereocenters. The van der Waals surface area contributed by atoms with Gasteiger partial charge in [0.05, 0.1) is 39.9 Å². The molecule has 0 rings (SSSR count). The Hall–Kier alpha value is -2.06. The van der Waals surface area contributed by atoms with Gasteiger partial charge in [0.25, 0.3) is 7.82 Å². The average molecular weight is 1090 g/mol. The lowest BCUT2D eigenvalue weighted by Crippen LogP contribution is -2.45. The van der Waals surface area contributed by atoms with Crippen molar-refractivity contribution in [2.45, 2.75) is 309 Å². The Kier molecular flexibility index (Phi) is 56.1. The molecule has 444 valence electrons. The van der Waals surface area contributed by atoms with Crippen molar-refractivity contribution in [1.29, 1.82) is 0 Å². The first-order valence-electron chi connectivity index (χ1n) is 32.3. The first-order valence-corrected chi connectivity index (χ1v) is 33.8. The summed E-state index contributed by atoms with van der Waals surface area (Å²) in [6.45, 7) is 4.56. The number of hydrogen-bond acceptors (Lipinski definition) is 6. The van der Waals surface area contributed by atoms with E-state index in [-0.39, 0.29) is 19.1 Å². The zero-order valence-electron chi connectivity index (χ0n) is 50.7. The predicted octanol–water partition coefficient (Wildman–Crippen LogP) is 19.6. The van der Waals surface area contributed by atoms with Crippen molar-refractivity contribution in [1.82, 2.24) is 5.32 Å². The minimum absolute atomic E-state index is 0.00474. The number of likely N-dealkylation sites (N-methyl/N-ethyl adjacent to an activating group) is 1. The Bertz CT molecular complexity index is 1470. The van der Waals surface area contributed by atoms with Crippen LogP contribution in [-0.2, 0) is 18.4 Å². The fraction of sp³-hybridized carbons (Fsp3) is 0.806. The minimum atomic E-state index is -4.61. The molecule has 0 fully saturated rings. The third-order valence-electron chi connectivity index (χ3n) is 14.4. The van der Waals surface area contributed by atoms with Crippen molar-refractivity contribution >= 4 is 13.7 Å².